The van der Waals surface area contributed by atoms with E-state index in [9.17, 15) is 10.1 Å². The highest BCUT2D eigenvalue weighted by molar-refractivity contribution is 5.68. The minimum absolute atomic E-state index is 0.00634. The molecule has 0 spiro atoms. The van der Waals surface area contributed by atoms with Gasteiger partial charge in [0.05, 0.1) is 11.0 Å². The molecule has 100 valence electrons. The van der Waals surface area contributed by atoms with Gasteiger partial charge in [0.15, 0.2) is 5.75 Å². The average molecular weight is 252 g/mol. The van der Waals surface area contributed by atoms with Crippen LogP contribution in [0, 0.1) is 16.0 Å². The number of hydrogen-bond donors (Lipinski definition) is 1. The van der Waals surface area contributed by atoms with Crippen molar-refractivity contribution in [2.45, 2.75) is 33.8 Å². The van der Waals surface area contributed by atoms with E-state index in [0.717, 1.165) is 0 Å². The number of nitrogens with one attached hydrogen (secondary N) is 1. The van der Waals surface area contributed by atoms with Crippen molar-refractivity contribution in [1.82, 2.24) is 0 Å². The minimum atomic E-state index is -0.402. The van der Waals surface area contributed by atoms with Crippen molar-refractivity contribution in [3.05, 3.63) is 28.3 Å². The number of benzene rings is 1. The van der Waals surface area contributed by atoms with E-state index >= 15 is 0 Å². The second-order valence-corrected chi connectivity index (χ2v) is 4.51. The number of hydrogen-bond acceptors (Lipinski definition) is 4. The van der Waals surface area contributed by atoms with Crippen molar-refractivity contribution < 1.29 is 9.66 Å². The Bertz CT molecular complexity index is 419. The van der Waals surface area contributed by atoms with Gasteiger partial charge in [-0.1, -0.05) is 19.9 Å². The number of ether oxygens (including phenoxy) is 1. The molecule has 1 unspecified atom stereocenters. The highest BCUT2D eigenvalue weighted by atomic mass is 16.6. The smallest absolute Gasteiger partial charge is 0.333 e. The van der Waals surface area contributed by atoms with Gasteiger partial charge in [-0.3, -0.25) is 10.1 Å². The minimum Gasteiger partial charge on any atom is -0.483 e. The molecule has 0 aromatic heterocycles. The molecule has 0 saturated carbocycles. The predicted octanol–water partition coefficient (Wildman–Crippen LogP) is 3.45. The summed E-state index contributed by atoms with van der Waals surface area (Å²) in [6, 6.07) is 5.08. The molecule has 5 heteroatoms. The van der Waals surface area contributed by atoms with E-state index in [1.165, 1.54) is 0 Å². The van der Waals surface area contributed by atoms with Crippen LogP contribution in [-0.4, -0.2) is 17.6 Å². The zero-order valence-electron chi connectivity index (χ0n) is 11.3. The van der Waals surface area contributed by atoms with Crippen LogP contribution in [0.25, 0.3) is 0 Å². The Hall–Kier alpha value is -1.78. The standard InChI is InChI=1S/C13H20N2O3/c1-5-14-11-7-6-8-12(13(11)15(16)17)18-10(4)9(2)3/h6-10,14H,5H2,1-4H3. The number of anilines is 1. The lowest BCUT2D eigenvalue weighted by molar-refractivity contribution is -0.385. The molecule has 0 saturated heterocycles. The maximum absolute atomic E-state index is 11.2. The second-order valence-electron chi connectivity index (χ2n) is 4.51. The van der Waals surface area contributed by atoms with Crippen LogP contribution in [0.2, 0.25) is 0 Å². The third kappa shape index (κ3) is 3.35. The van der Waals surface area contributed by atoms with Crippen LogP contribution < -0.4 is 10.1 Å². The molecule has 0 aliphatic heterocycles. The summed E-state index contributed by atoms with van der Waals surface area (Å²) in [5, 5.41) is 14.1. The summed E-state index contributed by atoms with van der Waals surface area (Å²) in [6.07, 6.45) is -0.0689. The fourth-order valence-electron chi connectivity index (χ4n) is 1.48. The summed E-state index contributed by atoms with van der Waals surface area (Å²) in [5.41, 5.74) is 0.503. The lowest BCUT2D eigenvalue weighted by atomic mass is 10.1. The summed E-state index contributed by atoms with van der Waals surface area (Å²) in [6.45, 7) is 8.47. The van der Waals surface area contributed by atoms with Crippen molar-refractivity contribution in [3.63, 3.8) is 0 Å². The molecular formula is C13H20N2O3. The van der Waals surface area contributed by atoms with Crippen LogP contribution >= 0.6 is 0 Å². The molecule has 0 aliphatic carbocycles. The third-order valence-corrected chi connectivity index (χ3v) is 2.80. The van der Waals surface area contributed by atoms with Crippen LogP contribution in [0.4, 0.5) is 11.4 Å². The molecule has 5 nitrogen and oxygen atoms in total. The van der Waals surface area contributed by atoms with Gasteiger partial charge in [0.1, 0.15) is 5.69 Å². The van der Waals surface area contributed by atoms with Gasteiger partial charge in [0, 0.05) is 6.54 Å². The Labute approximate surface area is 107 Å². The van der Waals surface area contributed by atoms with Gasteiger partial charge in [-0.25, -0.2) is 0 Å². The van der Waals surface area contributed by atoms with Gasteiger partial charge >= 0.3 is 5.69 Å². The van der Waals surface area contributed by atoms with Crippen LogP contribution in [0.3, 0.4) is 0 Å². The molecule has 0 heterocycles. The zero-order valence-corrected chi connectivity index (χ0v) is 11.3. The summed E-state index contributed by atoms with van der Waals surface area (Å²) in [4.78, 5) is 10.8. The lowest BCUT2D eigenvalue weighted by Gasteiger charge is -2.18. The van der Waals surface area contributed by atoms with E-state index in [1.807, 2.05) is 27.7 Å². The summed E-state index contributed by atoms with van der Waals surface area (Å²) in [5.74, 6) is 0.618. The highest BCUT2D eigenvalue weighted by Crippen LogP contribution is 2.35. The summed E-state index contributed by atoms with van der Waals surface area (Å²) >= 11 is 0. The fraction of sp³-hybridized carbons (Fsp3) is 0.538. The van der Waals surface area contributed by atoms with Crippen LogP contribution in [-0.2, 0) is 0 Å². The first-order chi connectivity index (χ1) is 8.47. The molecule has 1 rings (SSSR count). The normalized spacial score (nSPS) is 12.3. The molecular weight excluding hydrogens is 232 g/mol. The number of nitrogens with zero attached hydrogens (tertiary/aromatic N) is 1. The van der Waals surface area contributed by atoms with Crippen LogP contribution in [0.5, 0.6) is 5.75 Å². The van der Waals surface area contributed by atoms with Crippen molar-refractivity contribution in [3.8, 4) is 5.75 Å². The average Bonchev–Trinajstić information content (AvgIpc) is 2.29. The third-order valence-electron chi connectivity index (χ3n) is 2.80. The first-order valence-electron chi connectivity index (χ1n) is 6.15. The van der Waals surface area contributed by atoms with Gasteiger partial charge in [-0.15, -0.1) is 0 Å². The van der Waals surface area contributed by atoms with Crippen LogP contribution in [0.15, 0.2) is 18.2 Å². The molecule has 1 aromatic rings. The van der Waals surface area contributed by atoms with Crippen molar-refractivity contribution in [2.24, 2.45) is 5.92 Å². The Balaban J connectivity index is 3.10. The molecule has 1 aromatic carbocycles. The van der Waals surface area contributed by atoms with Crippen molar-refractivity contribution in [2.75, 3.05) is 11.9 Å². The first-order valence-corrected chi connectivity index (χ1v) is 6.15. The Morgan fingerprint density at radius 3 is 2.56 bits per heavy atom. The molecule has 0 bridgehead atoms. The second kappa shape index (κ2) is 6.23. The van der Waals surface area contributed by atoms with Crippen LogP contribution in [0.1, 0.15) is 27.7 Å². The maximum Gasteiger partial charge on any atom is 0.333 e. The summed E-state index contributed by atoms with van der Waals surface area (Å²) in [7, 11) is 0. The molecule has 0 radical (unpaired) electrons. The van der Waals surface area contributed by atoms with E-state index in [2.05, 4.69) is 5.32 Å². The molecule has 1 atom stereocenters. The topological polar surface area (TPSA) is 64.4 Å². The van der Waals surface area contributed by atoms with E-state index in [4.69, 9.17) is 4.74 Å². The molecule has 18 heavy (non-hydrogen) atoms. The number of nitro groups is 1. The monoisotopic (exact) mass is 252 g/mol. The van der Waals surface area contributed by atoms with Gasteiger partial charge in [0.25, 0.3) is 0 Å². The SMILES string of the molecule is CCNc1cccc(OC(C)C(C)C)c1[N+](=O)[O-]. The molecule has 0 amide bonds. The quantitative estimate of drug-likeness (QED) is 0.622. The first kappa shape index (κ1) is 14.3. The zero-order chi connectivity index (χ0) is 13.7. The van der Waals surface area contributed by atoms with Gasteiger partial charge < -0.3 is 10.1 Å². The summed E-state index contributed by atoms with van der Waals surface area (Å²) < 4.78 is 5.67. The predicted molar refractivity (Wildman–Crippen MR) is 72.2 cm³/mol. The van der Waals surface area contributed by atoms with Gasteiger partial charge in [-0.2, -0.15) is 0 Å². The molecule has 0 fully saturated rings. The van der Waals surface area contributed by atoms with E-state index < -0.39 is 4.92 Å². The largest absolute Gasteiger partial charge is 0.483 e. The molecule has 1 N–H and O–H groups in total. The van der Waals surface area contributed by atoms with Gasteiger partial charge in [0.2, 0.25) is 0 Å². The number of para-hydroxylation sites is 1. The van der Waals surface area contributed by atoms with E-state index in [0.29, 0.717) is 23.9 Å². The lowest BCUT2D eigenvalue weighted by Crippen LogP contribution is -2.19. The van der Waals surface area contributed by atoms with Gasteiger partial charge in [-0.05, 0) is 31.9 Å². The number of nitro benzene ring substituents is 1. The van der Waals surface area contributed by atoms with E-state index in [1.54, 1.807) is 18.2 Å². The maximum atomic E-state index is 11.2. The fourth-order valence-corrected chi connectivity index (χ4v) is 1.48. The Morgan fingerprint density at radius 2 is 2.06 bits per heavy atom. The molecule has 0 aliphatic rings. The highest BCUT2D eigenvalue weighted by Gasteiger charge is 2.22. The number of rotatable bonds is 6. The van der Waals surface area contributed by atoms with Crippen molar-refractivity contribution in [1.29, 1.82) is 0 Å². The Kier molecular flexibility index (Phi) is 4.95. The van der Waals surface area contributed by atoms with E-state index in [-0.39, 0.29) is 11.8 Å². The van der Waals surface area contributed by atoms with Crippen molar-refractivity contribution >= 4 is 11.4 Å². The Morgan fingerprint density at radius 1 is 1.39 bits per heavy atom.